The molecular weight excluding hydrogens is 249 g/mol. The van der Waals surface area contributed by atoms with Gasteiger partial charge in [-0.05, 0) is 19.3 Å². The van der Waals surface area contributed by atoms with Crippen LogP contribution in [-0.4, -0.2) is 55.4 Å². The fourth-order valence-corrected chi connectivity index (χ4v) is 2.01. The van der Waals surface area contributed by atoms with Crippen molar-refractivity contribution < 1.29 is 22.7 Å². The van der Waals surface area contributed by atoms with Crippen LogP contribution < -0.4 is 5.32 Å². The Kier molecular flexibility index (Phi) is 4.11. The number of carbonyl (C=O) groups excluding carboxylic acids is 1. The van der Waals surface area contributed by atoms with Crippen molar-refractivity contribution in [2.24, 2.45) is 0 Å². The van der Waals surface area contributed by atoms with Gasteiger partial charge in [0.2, 0.25) is 5.91 Å². The molecule has 1 aliphatic heterocycles. The summed E-state index contributed by atoms with van der Waals surface area (Å²) in [5.41, 5.74) is 0. The van der Waals surface area contributed by atoms with Gasteiger partial charge in [-0.15, -0.1) is 0 Å². The third-order valence-electron chi connectivity index (χ3n) is 3.08. The summed E-state index contributed by atoms with van der Waals surface area (Å²) in [6.07, 6.45) is -1.35. The van der Waals surface area contributed by atoms with Crippen molar-refractivity contribution in [3.63, 3.8) is 0 Å². The Hall–Kier alpha value is -0.820. The van der Waals surface area contributed by atoms with Crippen LogP contribution in [0.15, 0.2) is 0 Å². The lowest BCUT2D eigenvalue weighted by Gasteiger charge is -2.17. The number of carbonyl (C=O) groups is 1. The summed E-state index contributed by atoms with van der Waals surface area (Å²) in [5.74, 6) is -0.0162. The SMILES string of the molecule is O=C1C(NC2CC2)CCN1CCOCC(F)(F)F. The van der Waals surface area contributed by atoms with Crippen LogP contribution in [0.25, 0.3) is 0 Å². The second-order valence-corrected chi connectivity index (χ2v) is 4.78. The molecule has 1 unspecified atom stereocenters. The minimum Gasteiger partial charge on any atom is -0.370 e. The third kappa shape index (κ3) is 4.13. The average molecular weight is 266 g/mol. The highest BCUT2D eigenvalue weighted by molar-refractivity contribution is 5.84. The standard InChI is InChI=1S/C11H17F3N2O2/c12-11(13,14)7-18-6-5-16-4-3-9(10(16)17)15-8-1-2-8/h8-9,15H,1-7H2. The lowest BCUT2D eigenvalue weighted by atomic mass is 10.2. The Balaban J connectivity index is 1.63. The number of hydrogen-bond donors (Lipinski definition) is 1. The molecule has 1 N–H and O–H groups in total. The molecule has 0 aromatic heterocycles. The number of halogens is 3. The van der Waals surface area contributed by atoms with Crippen LogP contribution in [0, 0.1) is 0 Å². The van der Waals surface area contributed by atoms with E-state index in [2.05, 4.69) is 10.1 Å². The fraction of sp³-hybridized carbons (Fsp3) is 0.909. The summed E-state index contributed by atoms with van der Waals surface area (Å²) >= 11 is 0. The van der Waals surface area contributed by atoms with E-state index in [9.17, 15) is 18.0 Å². The van der Waals surface area contributed by atoms with E-state index in [4.69, 9.17) is 0 Å². The number of nitrogens with zero attached hydrogens (tertiary/aromatic N) is 1. The molecule has 1 heterocycles. The normalized spacial score (nSPS) is 24.9. The highest BCUT2D eigenvalue weighted by Gasteiger charge is 2.35. The Morgan fingerprint density at radius 3 is 2.67 bits per heavy atom. The van der Waals surface area contributed by atoms with Gasteiger partial charge in [-0.2, -0.15) is 13.2 Å². The monoisotopic (exact) mass is 266 g/mol. The zero-order chi connectivity index (χ0) is 13.2. The van der Waals surface area contributed by atoms with Crippen molar-refractivity contribution in [1.29, 1.82) is 0 Å². The number of ether oxygens (including phenoxy) is 1. The van der Waals surface area contributed by atoms with Gasteiger partial charge in [0, 0.05) is 19.1 Å². The maximum Gasteiger partial charge on any atom is 0.411 e. The van der Waals surface area contributed by atoms with Gasteiger partial charge in [0.25, 0.3) is 0 Å². The quantitative estimate of drug-likeness (QED) is 0.727. The van der Waals surface area contributed by atoms with Gasteiger partial charge in [0.05, 0.1) is 12.6 Å². The zero-order valence-corrected chi connectivity index (χ0v) is 10.0. The highest BCUT2D eigenvalue weighted by atomic mass is 19.4. The predicted octanol–water partition coefficient (Wildman–Crippen LogP) is 0.918. The first-order valence-corrected chi connectivity index (χ1v) is 6.15. The van der Waals surface area contributed by atoms with Crippen molar-refractivity contribution in [3.8, 4) is 0 Å². The molecule has 4 nitrogen and oxygen atoms in total. The predicted molar refractivity (Wildman–Crippen MR) is 58.0 cm³/mol. The van der Waals surface area contributed by atoms with E-state index in [0.29, 0.717) is 12.6 Å². The second-order valence-electron chi connectivity index (χ2n) is 4.78. The largest absolute Gasteiger partial charge is 0.411 e. The Labute approximate surface area is 103 Å². The molecule has 1 saturated heterocycles. The van der Waals surface area contributed by atoms with Crippen LogP contribution in [0.2, 0.25) is 0 Å². The molecule has 0 spiro atoms. The molecule has 0 aromatic rings. The molecule has 1 atom stereocenters. The summed E-state index contributed by atoms with van der Waals surface area (Å²) < 4.78 is 40.0. The topological polar surface area (TPSA) is 41.6 Å². The van der Waals surface area contributed by atoms with Gasteiger partial charge < -0.3 is 15.0 Å². The third-order valence-corrected chi connectivity index (χ3v) is 3.08. The lowest BCUT2D eigenvalue weighted by Crippen LogP contribution is -2.40. The van der Waals surface area contributed by atoms with E-state index in [0.717, 1.165) is 19.3 Å². The van der Waals surface area contributed by atoms with Crippen LogP contribution >= 0.6 is 0 Å². The molecule has 0 bridgehead atoms. The Bertz CT molecular complexity index is 305. The van der Waals surface area contributed by atoms with Crippen molar-refractivity contribution >= 4 is 5.91 Å². The summed E-state index contributed by atoms with van der Waals surface area (Å²) in [5, 5.41) is 3.24. The van der Waals surface area contributed by atoms with Crippen molar-refractivity contribution in [2.75, 3.05) is 26.3 Å². The number of amides is 1. The molecule has 2 aliphatic rings. The molecule has 1 amide bonds. The Morgan fingerprint density at radius 1 is 1.33 bits per heavy atom. The summed E-state index contributed by atoms with van der Waals surface area (Å²) in [4.78, 5) is 13.4. The molecule has 104 valence electrons. The first-order chi connectivity index (χ1) is 8.46. The Morgan fingerprint density at radius 2 is 2.06 bits per heavy atom. The first-order valence-electron chi connectivity index (χ1n) is 6.15. The molecule has 0 aromatic carbocycles. The summed E-state index contributed by atoms with van der Waals surface area (Å²) in [6, 6.07) is 0.306. The molecular formula is C11H17F3N2O2. The molecule has 1 saturated carbocycles. The molecule has 1 aliphatic carbocycles. The van der Waals surface area contributed by atoms with Gasteiger partial charge in [0.15, 0.2) is 0 Å². The average Bonchev–Trinajstić information content (AvgIpc) is 3.01. The summed E-state index contributed by atoms with van der Waals surface area (Å²) in [7, 11) is 0. The van der Waals surface area contributed by atoms with Crippen molar-refractivity contribution in [3.05, 3.63) is 0 Å². The van der Waals surface area contributed by atoms with Crippen LogP contribution in [0.1, 0.15) is 19.3 Å². The smallest absolute Gasteiger partial charge is 0.370 e. The zero-order valence-electron chi connectivity index (χ0n) is 10.0. The van der Waals surface area contributed by atoms with Gasteiger partial charge in [-0.3, -0.25) is 4.79 Å². The maximum absolute atomic E-state index is 11.8. The van der Waals surface area contributed by atoms with E-state index in [1.54, 1.807) is 4.90 Å². The number of likely N-dealkylation sites (tertiary alicyclic amines) is 1. The van der Waals surface area contributed by atoms with Gasteiger partial charge in [-0.1, -0.05) is 0 Å². The molecule has 7 heteroatoms. The minimum absolute atomic E-state index is 0.0162. The van der Waals surface area contributed by atoms with Crippen molar-refractivity contribution in [1.82, 2.24) is 10.2 Å². The van der Waals surface area contributed by atoms with E-state index < -0.39 is 12.8 Å². The van der Waals surface area contributed by atoms with Gasteiger partial charge in [0.1, 0.15) is 6.61 Å². The van der Waals surface area contributed by atoms with E-state index in [-0.39, 0.29) is 25.1 Å². The molecule has 2 rings (SSSR count). The maximum atomic E-state index is 11.8. The van der Waals surface area contributed by atoms with Gasteiger partial charge in [-0.25, -0.2) is 0 Å². The van der Waals surface area contributed by atoms with Crippen molar-refractivity contribution in [2.45, 2.75) is 37.5 Å². The van der Waals surface area contributed by atoms with Crippen LogP contribution in [0.5, 0.6) is 0 Å². The van der Waals surface area contributed by atoms with E-state index in [1.165, 1.54) is 0 Å². The molecule has 2 fully saturated rings. The lowest BCUT2D eigenvalue weighted by molar-refractivity contribution is -0.174. The number of nitrogens with one attached hydrogen (secondary N) is 1. The number of alkyl halides is 3. The second kappa shape index (κ2) is 5.44. The van der Waals surface area contributed by atoms with Crippen LogP contribution in [-0.2, 0) is 9.53 Å². The van der Waals surface area contributed by atoms with E-state index >= 15 is 0 Å². The van der Waals surface area contributed by atoms with E-state index in [1.807, 2.05) is 0 Å². The highest BCUT2D eigenvalue weighted by Crippen LogP contribution is 2.22. The number of hydrogen-bond acceptors (Lipinski definition) is 3. The summed E-state index contributed by atoms with van der Waals surface area (Å²) in [6.45, 7) is -0.490. The van der Waals surface area contributed by atoms with Crippen LogP contribution in [0.3, 0.4) is 0 Å². The van der Waals surface area contributed by atoms with Gasteiger partial charge >= 0.3 is 6.18 Å². The molecule has 18 heavy (non-hydrogen) atoms. The van der Waals surface area contributed by atoms with Crippen LogP contribution in [0.4, 0.5) is 13.2 Å². The number of rotatable bonds is 6. The fourth-order valence-electron chi connectivity index (χ4n) is 2.01. The molecule has 0 radical (unpaired) electrons. The first kappa shape index (κ1) is 13.6. The minimum atomic E-state index is -4.30.